The van der Waals surface area contributed by atoms with Gasteiger partial charge in [-0.25, -0.2) is 0 Å². The van der Waals surface area contributed by atoms with Crippen LogP contribution >= 0.6 is 23.1 Å². The maximum Gasteiger partial charge on any atom is 0.271 e. The zero-order valence-electron chi connectivity index (χ0n) is 8.27. The molecule has 0 aliphatic carbocycles. The summed E-state index contributed by atoms with van der Waals surface area (Å²) in [5.74, 6) is 1.46. The fraction of sp³-hybridized carbons (Fsp3) is 0.500. The van der Waals surface area contributed by atoms with Crippen molar-refractivity contribution in [1.82, 2.24) is 19.7 Å². The highest BCUT2D eigenvalue weighted by molar-refractivity contribution is 7.09. The van der Waals surface area contributed by atoms with Crippen LogP contribution in [0, 0.1) is 0 Å². The molecule has 2 aromatic heterocycles. The average molecular weight is 245 g/mol. The van der Waals surface area contributed by atoms with Crippen molar-refractivity contribution in [2.45, 2.75) is 25.6 Å². The van der Waals surface area contributed by atoms with Crippen LogP contribution in [0.4, 0.5) is 0 Å². The normalized spacial score (nSPS) is 11.2. The molecular weight excluding hydrogens is 236 g/mol. The van der Waals surface area contributed by atoms with Crippen molar-refractivity contribution in [3.8, 4) is 10.8 Å². The molecule has 0 aromatic carbocycles. The first kappa shape index (κ1) is 10.5. The van der Waals surface area contributed by atoms with Crippen molar-refractivity contribution in [1.29, 1.82) is 0 Å². The Bertz CT molecular complexity index is 453. The molecule has 0 amide bonds. The lowest BCUT2D eigenvalue weighted by molar-refractivity contribution is 0.425. The van der Waals surface area contributed by atoms with Crippen LogP contribution < -0.4 is 0 Å². The molecule has 80 valence electrons. The van der Waals surface area contributed by atoms with Gasteiger partial charge in [0.2, 0.25) is 0 Å². The first-order valence-electron chi connectivity index (χ1n) is 4.43. The van der Waals surface area contributed by atoms with Gasteiger partial charge in [0.1, 0.15) is 4.88 Å². The number of rotatable bonds is 3. The Hall–Kier alpha value is -1.01. The van der Waals surface area contributed by atoms with Crippen molar-refractivity contribution in [3.63, 3.8) is 0 Å². The Morgan fingerprint density at radius 3 is 2.87 bits per heavy atom. The predicted molar refractivity (Wildman–Crippen MR) is 56.8 cm³/mol. The molecule has 0 fully saturated rings. The van der Waals surface area contributed by atoms with Crippen molar-refractivity contribution in [3.05, 3.63) is 11.5 Å². The number of hydrogen-bond donors (Lipinski definition) is 0. The zero-order chi connectivity index (χ0) is 10.8. The molecule has 5 nitrogen and oxygen atoms in total. The molecule has 0 aliphatic heterocycles. The molecule has 0 bridgehead atoms. The summed E-state index contributed by atoms with van der Waals surface area (Å²) in [4.78, 5) is 4.96. The van der Waals surface area contributed by atoms with E-state index in [2.05, 4.69) is 19.7 Å². The quantitative estimate of drug-likeness (QED) is 0.776. The molecule has 0 atom stereocenters. The summed E-state index contributed by atoms with van der Waals surface area (Å²) in [5.41, 5.74) is 0.879. The fourth-order valence-electron chi connectivity index (χ4n) is 1.12. The first-order chi connectivity index (χ1) is 7.22. The molecule has 2 heterocycles. The highest BCUT2D eigenvalue weighted by Crippen LogP contribution is 2.29. The topological polar surface area (TPSA) is 64.7 Å². The van der Waals surface area contributed by atoms with Crippen LogP contribution in [-0.2, 0) is 5.88 Å². The third-order valence-electron chi connectivity index (χ3n) is 1.84. The van der Waals surface area contributed by atoms with E-state index in [1.54, 1.807) is 0 Å². The van der Waals surface area contributed by atoms with Crippen LogP contribution in [0.3, 0.4) is 0 Å². The van der Waals surface area contributed by atoms with E-state index in [1.165, 1.54) is 11.5 Å². The predicted octanol–water partition coefficient (Wildman–Crippen LogP) is 2.45. The lowest BCUT2D eigenvalue weighted by atomic mass is 10.1. The maximum absolute atomic E-state index is 5.59. The SMILES string of the molecule is CC(C)c1nnsc1-c1nc(CCl)no1. The van der Waals surface area contributed by atoms with E-state index in [1.807, 2.05) is 13.8 Å². The van der Waals surface area contributed by atoms with Gasteiger partial charge in [-0.3, -0.25) is 0 Å². The monoisotopic (exact) mass is 244 g/mol. The van der Waals surface area contributed by atoms with Crippen LogP contribution in [0.5, 0.6) is 0 Å². The highest BCUT2D eigenvalue weighted by atomic mass is 35.5. The van der Waals surface area contributed by atoms with Gasteiger partial charge < -0.3 is 4.52 Å². The summed E-state index contributed by atoms with van der Waals surface area (Å²) in [6, 6.07) is 0. The largest absolute Gasteiger partial charge is 0.333 e. The van der Waals surface area contributed by atoms with E-state index in [0.29, 0.717) is 11.7 Å². The van der Waals surface area contributed by atoms with E-state index in [-0.39, 0.29) is 11.8 Å². The Balaban J connectivity index is 2.40. The second kappa shape index (κ2) is 4.24. The number of halogens is 1. The van der Waals surface area contributed by atoms with Gasteiger partial charge >= 0.3 is 0 Å². The van der Waals surface area contributed by atoms with Crippen molar-refractivity contribution >= 4 is 23.1 Å². The second-order valence-corrected chi connectivity index (χ2v) is 4.31. The van der Waals surface area contributed by atoms with Crippen LogP contribution in [0.2, 0.25) is 0 Å². The number of nitrogens with zero attached hydrogens (tertiary/aromatic N) is 4. The summed E-state index contributed by atoms with van der Waals surface area (Å²) < 4.78 is 8.96. The molecule has 7 heteroatoms. The minimum atomic E-state index is 0.243. The maximum atomic E-state index is 5.59. The second-order valence-electron chi connectivity index (χ2n) is 3.29. The third-order valence-corrected chi connectivity index (χ3v) is 2.81. The third kappa shape index (κ3) is 2.00. The summed E-state index contributed by atoms with van der Waals surface area (Å²) in [7, 11) is 0. The van der Waals surface area contributed by atoms with Crippen molar-refractivity contribution in [2.24, 2.45) is 0 Å². The lowest BCUT2D eigenvalue weighted by Gasteiger charge is -1.98. The van der Waals surface area contributed by atoms with Crippen LogP contribution in [0.25, 0.3) is 10.8 Å². The molecule has 0 unspecified atom stereocenters. The fourth-order valence-corrected chi connectivity index (χ4v) is 1.97. The Morgan fingerprint density at radius 2 is 2.27 bits per heavy atom. The molecule has 0 aliphatic rings. The van der Waals surface area contributed by atoms with Gasteiger partial charge in [0.25, 0.3) is 5.89 Å². The molecule has 0 N–H and O–H groups in total. The molecule has 0 radical (unpaired) electrons. The summed E-state index contributed by atoms with van der Waals surface area (Å²) in [5, 5.41) is 7.76. The zero-order valence-corrected chi connectivity index (χ0v) is 9.84. The van der Waals surface area contributed by atoms with Gasteiger partial charge in [0.05, 0.1) is 11.6 Å². The minimum absolute atomic E-state index is 0.243. The molecule has 0 spiro atoms. The van der Waals surface area contributed by atoms with Gasteiger partial charge in [0.15, 0.2) is 5.82 Å². The number of hydrogen-bond acceptors (Lipinski definition) is 6. The molecule has 0 saturated heterocycles. The molecule has 15 heavy (non-hydrogen) atoms. The van der Waals surface area contributed by atoms with E-state index in [9.17, 15) is 0 Å². The Kier molecular flexibility index (Phi) is 2.97. The molecule has 0 saturated carbocycles. The van der Waals surface area contributed by atoms with Crippen molar-refractivity contribution < 1.29 is 4.52 Å². The van der Waals surface area contributed by atoms with Crippen LogP contribution in [0.1, 0.15) is 31.3 Å². The number of aromatic nitrogens is 4. The summed E-state index contributed by atoms with van der Waals surface area (Å²) in [6.07, 6.45) is 0. The van der Waals surface area contributed by atoms with Crippen LogP contribution in [0.15, 0.2) is 4.52 Å². The van der Waals surface area contributed by atoms with Gasteiger partial charge in [0, 0.05) is 0 Å². The summed E-state index contributed by atoms with van der Waals surface area (Å²) in [6.45, 7) is 4.08. The standard InChI is InChI=1S/C8H9ClN4OS/c1-4(2)6-7(15-13-11-6)8-10-5(3-9)12-14-8/h4H,3H2,1-2H3. The van der Waals surface area contributed by atoms with E-state index >= 15 is 0 Å². The molecule has 2 aromatic rings. The van der Waals surface area contributed by atoms with Crippen LogP contribution in [-0.4, -0.2) is 19.7 Å². The lowest BCUT2D eigenvalue weighted by Crippen LogP contribution is -1.90. The van der Waals surface area contributed by atoms with E-state index in [4.69, 9.17) is 16.1 Å². The van der Waals surface area contributed by atoms with E-state index < -0.39 is 0 Å². The molecular formula is C8H9ClN4OS. The number of alkyl halides is 1. The summed E-state index contributed by atoms with van der Waals surface area (Å²) >= 11 is 6.85. The van der Waals surface area contributed by atoms with Gasteiger partial charge in [-0.15, -0.1) is 16.7 Å². The Labute approximate surface area is 95.6 Å². The molecule has 2 rings (SSSR count). The minimum Gasteiger partial charge on any atom is -0.333 e. The Morgan fingerprint density at radius 1 is 1.47 bits per heavy atom. The highest BCUT2D eigenvalue weighted by Gasteiger charge is 2.18. The smallest absolute Gasteiger partial charge is 0.271 e. The van der Waals surface area contributed by atoms with E-state index in [0.717, 1.165) is 10.6 Å². The van der Waals surface area contributed by atoms with Gasteiger partial charge in [-0.2, -0.15) is 4.98 Å². The first-order valence-corrected chi connectivity index (χ1v) is 5.74. The van der Waals surface area contributed by atoms with Gasteiger partial charge in [-0.1, -0.05) is 23.5 Å². The average Bonchev–Trinajstić information content (AvgIpc) is 2.85. The van der Waals surface area contributed by atoms with Gasteiger partial charge in [-0.05, 0) is 17.5 Å². The van der Waals surface area contributed by atoms with Crippen molar-refractivity contribution in [2.75, 3.05) is 0 Å².